The van der Waals surface area contributed by atoms with Gasteiger partial charge in [0.25, 0.3) is 0 Å². The van der Waals surface area contributed by atoms with Crippen molar-refractivity contribution in [3.8, 4) is 0 Å². The fourth-order valence-electron chi connectivity index (χ4n) is 3.64. The Morgan fingerprint density at radius 1 is 0.654 bits per heavy atom. The lowest BCUT2D eigenvalue weighted by Crippen LogP contribution is -2.26. The number of benzene rings is 3. The molecule has 26 heavy (non-hydrogen) atoms. The molecule has 2 nitrogen and oxygen atoms in total. The first-order valence-corrected chi connectivity index (χ1v) is 8.84. The highest BCUT2D eigenvalue weighted by Gasteiger charge is 2.32. The molecular formula is C24H22N2. The van der Waals surface area contributed by atoms with E-state index in [1.54, 1.807) is 0 Å². The number of hydrogen-bond donors (Lipinski definition) is 2. The van der Waals surface area contributed by atoms with Gasteiger partial charge >= 0.3 is 0 Å². The first kappa shape index (κ1) is 16.2. The van der Waals surface area contributed by atoms with Gasteiger partial charge in [-0.3, -0.25) is 0 Å². The molecule has 0 atom stereocenters. The van der Waals surface area contributed by atoms with Crippen LogP contribution in [0.1, 0.15) is 23.1 Å². The van der Waals surface area contributed by atoms with Gasteiger partial charge in [0.05, 0.1) is 0 Å². The maximum Gasteiger partial charge on any atom is 0.0419 e. The lowest BCUT2D eigenvalue weighted by molar-refractivity contribution is 0.650. The first-order chi connectivity index (χ1) is 12.7. The van der Waals surface area contributed by atoms with Crippen molar-refractivity contribution < 1.29 is 0 Å². The van der Waals surface area contributed by atoms with Crippen molar-refractivity contribution >= 4 is 16.9 Å². The van der Waals surface area contributed by atoms with Crippen molar-refractivity contribution in [3.05, 3.63) is 114 Å². The molecule has 0 spiro atoms. The highest BCUT2D eigenvalue weighted by Crippen LogP contribution is 2.42. The Hall–Kier alpha value is -3.26. The van der Waals surface area contributed by atoms with Gasteiger partial charge in [-0.1, -0.05) is 72.8 Å². The zero-order chi connectivity index (χ0) is 18.0. The molecule has 2 heteroatoms. The van der Waals surface area contributed by atoms with Crippen molar-refractivity contribution in [1.82, 2.24) is 0 Å². The summed E-state index contributed by atoms with van der Waals surface area (Å²) in [6, 6.07) is 26.9. The summed E-state index contributed by atoms with van der Waals surface area (Å²) in [5, 5.41) is 0. The van der Waals surface area contributed by atoms with E-state index in [4.69, 9.17) is 11.5 Å². The van der Waals surface area contributed by atoms with E-state index < -0.39 is 0 Å². The average Bonchev–Trinajstić information content (AvgIpc) is 2.70. The largest absolute Gasteiger partial charge is 0.399 e. The maximum atomic E-state index is 5.91. The molecule has 0 saturated carbocycles. The molecule has 0 heterocycles. The van der Waals surface area contributed by atoms with E-state index in [2.05, 4.69) is 66.8 Å². The summed E-state index contributed by atoms with van der Waals surface area (Å²) in [5.74, 6) is 0. The molecule has 0 aromatic heterocycles. The summed E-state index contributed by atoms with van der Waals surface area (Å²) in [7, 11) is 0. The van der Waals surface area contributed by atoms with E-state index in [9.17, 15) is 0 Å². The fourth-order valence-corrected chi connectivity index (χ4v) is 3.64. The number of rotatable bonds is 3. The highest BCUT2D eigenvalue weighted by molar-refractivity contribution is 5.76. The number of nitrogens with two attached hydrogens (primary N) is 2. The number of nitrogen functional groups attached to an aromatic ring is 2. The molecule has 0 fully saturated rings. The van der Waals surface area contributed by atoms with Gasteiger partial charge in [-0.05, 0) is 52.9 Å². The first-order valence-electron chi connectivity index (χ1n) is 8.84. The normalized spacial score (nSPS) is 15.5. The van der Waals surface area contributed by atoms with Gasteiger partial charge in [0.15, 0.2) is 0 Å². The molecule has 3 aromatic rings. The van der Waals surface area contributed by atoms with E-state index in [0.717, 1.165) is 17.8 Å². The van der Waals surface area contributed by atoms with E-state index in [-0.39, 0.29) is 5.41 Å². The summed E-state index contributed by atoms with van der Waals surface area (Å²) in [4.78, 5) is 0. The predicted octanol–water partition coefficient (Wildman–Crippen LogP) is 5.18. The summed E-state index contributed by atoms with van der Waals surface area (Å²) < 4.78 is 0. The van der Waals surface area contributed by atoms with E-state index >= 15 is 0 Å². The number of allylic oxidation sites excluding steroid dienone is 4. The average molecular weight is 338 g/mol. The monoisotopic (exact) mass is 338 g/mol. The maximum absolute atomic E-state index is 5.91. The van der Waals surface area contributed by atoms with E-state index in [1.165, 1.54) is 22.3 Å². The van der Waals surface area contributed by atoms with Crippen LogP contribution in [0.5, 0.6) is 0 Å². The third kappa shape index (κ3) is 2.91. The molecule has 1 aliphatic carbocycles. The molecule has 0 bridgehead atoms. The lowest BCUT2D eigenvalue weighted by atomic mass is 9.69. The van der Waals surface area contributed by atoms with Gasteiger partial charge in [-0.15, -0.1) is 0 Å². The van der Waals surface area contributed by atoms with Crippen LogP contribution < -0.4 is 11.5 Å². The molecule has 4 rings (SSSR count). The van der Waals surface area contributed by atoms with Crippen LogP contribution in [0.2, 0.25) is 0 Å². The second-order valence-electron chi connectivity index (χ2n) is 6.78. The van der Waals surface area contributed by atoms with Crippen LogP contribution in [0.25, 0.3) is 5.57 Å². The van der Waals surface area contributed by atoms with Gasteiger partial charge in [0, 0.05) is 16.8 Å². The third-order valence-electron chi connectivity index (χ3n) is 5.15. The molecular weight excluding hydrogens is 316 g/mol. The zero-order valence-corrected chi connectivity index (χ0v) is 14.6. The van der Waals surface area contributed by atoms with Crippen LogP contribution in [0.3, 0.4) is 0 Å². The summed E-state index contributed by atoms with van der Waals surface area (Å²) >= 11 is 0. The van der Waals surface area contributed by atoms with Crippen LogP contribution in [0.4, 0.5) is 11.4 Å². The van der Waals surface area contributed by atoms with E-state index in [1.807, 2.05) is 30.3 Å². The van der Waals surface area contributed by atoms with Crippen LogP contribution in [-0.2, 0) is 5.41 Å². The molecule has 1 aliphatic rings. The second-order valence-corrected chi connectivity index (χ2v) is 6.78. The Kier molecular flexibility index (Phi) is 4.10. The van der Waals surface area contributed by atoms with Crippen LogP contribution in [0.15, 0.2) is 97.1 Å². The summed E-state index contributed by atoms with van der Waals surface area (Å²) in [5.41, 5.74) is 18.1. The number of anilines is 2. The molecule has 0 aliphatic heterocycles. The topological polar surface area (TPSA) is 52.0 Å². The quantitative estimate of drug-likeness (QED) is 0.646. The van der Waals surface area contributed by atoms with Crippen molar-refractivity contribution in [3.63, 3.8) is 0 Å². The number of hydrogen-bond acceptors (Lipinski definition) is 2. The molecule has 0 amide bonds. The Morgan fingerprint density at radius 2 is 1.19 bits per heavy atom. The van der Waals surface area contributed by atoms with Gasteiger partial charge in [-0.25, -0.2) is 0 Å². The Balaban J connectivity index is 1.79. The third-order valence-corrected chi connectivity index (χ3v) is 5.15. The van der Waals surface area contributed by atoms with Gasteiger partial charge < -0.3 is 11.5 Å². The van der Waals surface area contributed by atoms with Crippen molar-refractivity contribution in [2.24, 2.45) is 0 Å². The summed E-state index contributed by atoms with van der Waals surface area (Å²) in [6.07, 6.45) is 7.75. The second kappa shape index (κ2) is 6.57. The van der Waals surface area contributed by atoms with Crippen LogP contribution in [0, 0.1) is 0 Å². The smallest absolute Gasteiger partial charge is 0.0419 e. The van der Waals surface area contributed by atoms with Gasteiger partial charge in [-0.2, -0.15) is 0 Å². The van der Waals surface area contributed by atoms with Crippen molar-refractivity contribution in [1.29, 1.82) is 0 Å². The minimum atomic E-state index is -0.209. The molecule has 4 N–H and O–H groups in total. The van der Waals surface area contributed by atoms with Crippen LogP contribution in [-0.4, -0.2) is 0 Å². The van der Waals surface area contributed by atoms with Crippen molar-refractivity contribution in [2.45, 2.75) is 11.8 Å². The predicted molar refractivity (Wildman–Crippen MR) is 111 cm³/mol. The Bertz CT molecular complexity index is 904. The lowest BCUT2D eigenvalue weighted by Gasteiger charge is -2.34. The molecule has 0 radical (unpaired) electrons. The minimum absolute atomic E-state index is 0.209. The summed E-state index contributed by atoms with van der Waals surface area (Å²) in [6.45, 7) is 0. The zero-order valence-electron chi connectivity index (χ0n) is 14.6. The van der Waals surface area contributed by atoms with E-state index in [0.29, 0.717) is 0 Å². The van der Waals surface area contributed by atoms with Gasteiger partial charge in [0.1, 0.15) is 0 Å². The SMILES string of the molecule is Nc1ccc(C2(c3ccc(N)cc3)C=CC(c3ccccc3)=CC2)cc1. The standard InChI is InChI=1S/C24H22N2/c25-22-10-6-20(7-11-22)24(21-8-12-23(26)13-9-21)16-14-19(15-17-24)18-4-2-1-3-5-18/h1-16H,17,25-26H2. The molecule has 0 unspecified atom stereocenters. The molecule has 3 aromatic carbocycles. The molecule has 128 valence electrons. The minimum Gasteiger partial charge on any atom is -0.399 e. The highest BCUT2D eigenvalue weighted by atomic mass is 14.5. The Morgan fingerprint density at radius 3 is 1.65 bits per heavy atom. The van der Waals surface area contributed by atoms with Crippen molar-refractivity contribution in [2.75, 3.05) is 11.5 Å². The Labute approximate surface area is 154 Å². The van der Waals surface area contributed by atoms with Crippen LogP contribution >= 0.6 is 0 Å². The molecule has 0 saturated heterocycles. The fraction of sp³-hybridized carbons (Fsp3) is 0.0833. The van der Waals surface area contributed by atoms with Gasteiger partial charge in [0.2, 0.25) is 0 Å².